The van der Waals surface area contributed by atoms with Gasteiger partial charge in [-0.15, -0.1) is 6.58 Å². The Labute approximate surface area is 98.7 Å². The van der Waals surface area contributed by atoms with Crippen LogP contribution in [0.5, 0.6) is 0 Å². The lowest BCUT2D eigenvalue weighted by atomic mass is 10.3. The molecule has 0 saturated heterocycles. The van der Waals surface area contributed by atoms with Crippen LogP contribution < -0.4 is 5.73 Å². The van der Waals surface area contributed by atoms with Gasteiger partial charge in [0.15, 0.2) is 0 Å². The number of rotatable bonds is 4. The molecule has 0 fully saturated rings. The van der Waals surface area contributed by atoms with E-state index >= 15 is 0 Å². The summed E-state index contributed by atoms with van der Waals surface area (Å²) in [4.78, 5) is 4.30. The average molecular weight is 254 g/mol. The van der Waals surface area contributed by atoms with Crippen LogP contribution >= 0.6 is 0 Å². The highest BCUT2D eigenvalue weighted by atomic mass is 19.5. The number of halogens is 4. The van der Waals surface area contributed by atoms with E-state index in [9.17, 15) is 17.3 Å². The zero-order chi connectivity index (χ0) is 13.5. The predicted molar refractivity (Wildman–Crippen MR) is 61.2 cm³/mol. The van der Waals surface area contributed by atoms with Gasteiger partial charge in [0.05, 0.1) is 12.8 Å². The Balaban J connectivity index is 0.000000437. The number of hydrogen-bond donors (Lipinski definition) is 1. The molecule has 0 aromatic heterocycles. The Kier molecular flexibility index (Phi) is 6.71. The average Bonchev–Trinajstić information content (AvgIpc) is 2.63. The molecule has 1 heterocycles. The molecule has 1 rings (SSSR count). The van der Waals surface area contributed by atoms with Crippen molar-refractivity contribution in [2.45, 2.75) is 19.5 Å². The van der Waals surface area contributed by atoms with Crippen LogP contribution in [-0.4, -0.2) is 36.4 Å². The first-order valence-corrected chi connectivity index (χ1v) is 5.19. The summed E-state index contributed by atoms with van der Waals surface area (Å²) in [5.41, 5.74) is 5.86. The highest BCUT2D eigenvalue weighted by Crippen LogP contribution is 2.09. The van der Waals surface area contributed by atoms with Crippen molar-refractivity contribution in [2.24, 2.45) is 5.73 Å². The van der Waals surface area contributed by atoms with Crippen molar-refractivity contribution in [2.75, 3.05) is 13.2 Å². The Morgan fingerprint density at radius 2 is 1.94 bits per heavy atom. The summed E-state index contributed by atoms with van der Waals surface area (Å²) in [5, 5.41) is 0. The van der Waals surface area contributed by atoms with E-state index in [0.717, 1.165) is 19.6 Å². The third kappa shape index (κ3) is 8.61. The van der Waals surface area contributed by atoms with Crippen LogP contribution in [0.2, 0.25) is 0 Å². The monoisotopic (exact) mass is 254 g/mol. The zero-order valence-corrected chi connectivity index (χ0v) is 9.70. The van der Waals surface area contributed by atoms with Crippen molar-refractivity contribution in [3.05, 3.63) is 25.1 Å². The van der Waals surface area contributed by atoms with Gasteiger partial charge in [0.2, 0.25) is 0 Å². The molecule has 0 aromatic rings. The van der Waals surface area contributed by atoms with Gasteiger partial charge in [-0.05, 0) is 6.42 Å². The molecule has 0 saturated carbocycles. The van der Waals surface area contributed by atoms with E-state index in [0.29, 0.717) is 0 Å². The predicted octanol–water partition coefficient (Wildman–Crippen LogP) is 2.21. The van der Waals surface area contributed by atoms with Crippen LogP contribution in [0.3, 0.4) is 0 Å². The van der Waals surface area contributed by atoms with E-state index in [1.54, 1.807) is 0 Å². The number of hydrogen-bond acceptors (Lipinski definition) is 3. The molecule has 0 radical (unpaired) electrons. The smallest absolute Gasteiger partial charge is 0.418 e. The van der Waals surface area contributed by atoms with Crippen molar-refractivity contribution in [1.82, 2.24) is 9.80 Å². The third-order valence-corrected chi connectivity index (χ3v) is 2.02. The lowest BCUT2D eigenvalue weighted by Crippen LogP contribution is -2.39. The zero-order valence-electron chi connectivity index (χ0n) is 9.70. The van der Waals surface area contributed by atoms with E-state index in [2.05, 4.69) is 29.5 Å². The fourth-order valence-electron chi connectivity index (χ4n) is 1.22. The van der Waals surface area contributed by atoms with Gasteiger partial charge in [0.25, 0.3) is 0 Å². The Bertz CT molecular complexity index is 251. The molecule has 17 heavy (non-hydrogen) atoms. The van der Waals surface area contributed by atoms with Gasteiger partial charge in [-0.25, -0.2) is 0 Å². The molecule has 1 unspecified atom stereocenters. The van der Waals surface area contributed by atoms with E-state index in [4.69, 9.17) is 5.73 Å². The van der Waals surface area contributed by atoms with E-state index < -0.39 is 7.25 Å². The second-order valence-electron chi connectivity index (χ2n) is 3.48. The van der Waals surface area contributed by atoms with Crippen LogP contribution in [0.25, 0.3) is 0 Å². The van der Waals surface area contributed by atoms with Gasteiger partial charge < -0.3 is 32.8 Å². The minimum atomic E-state index is -6.00. The summed E-state index contributed by atoms with van der Waals surface area (Å²) in [7, 11) is -6.00. The fourth-order valence-corrected chi connectivity index (χ4v) is 1.22. The maximum Gasteiger partial charge on any atom is 0.673 e. The lowest BCUT2D eigenvalue weighted by Gasteiger charge is -2.25. The van der Waals surface area contributed by atoms with Crippen molar-refractivity contribution in [3.63, 3.8) is 0 Å². The maximum atomic E-state index is 9.75. The summed E-state index contributed by atoms with van der Waals surface area (Å²) < 4.78 is 39.0. The van der Waals surface area contributed by atoms with Crippen LogP contribution in [-0.2, 0) is 0 Å². The van der Waals surface area contributed by atoms with E-state index in [1.807, 2.05) is 12.3 Å². The lowest BCUT2D eigenvalue weighted by molar-refractivity contribution is 0.219. The minimum Gasteiger partial charge on any atom is -0.418 e. The molecule has 1 atom stereocenters. The van der Waals surface area contributed by atoms with Gasteiger partial charge in [-0.1, -0.05) is 13.0 Å². The summed E-state index contributed by atoms with van der Waals surface area (Å²) in [6, 6.07) is 0. The first-order valence-electron chi connectivity index (χ1n) is 5.19. The normalized spacial score (nSPS) is 16.6. The van der Waals surface area contributed by atoms with Gasteiger partial charge in [-0.3, -0.25) is 0 Å². The number of nitrogens with zero attached hydrogens (tertiary/aromatic N) is 2. The third-order valence-electron chi connectivity index (χ3n) is 2.02. The van der Waals surface area contributed by atoms with Crippen molar-refractivity contribution >= 4 is 7.25 Å². The van der Waals surface area contributed by atoms with Gasteiger partial charge >= 0.3 is 7.25 Å². The Morgan fingerprint density at radius 1 is 1.41 bits per heavy atom. The van der Waals surface area contributed by atoms with Crippen molar-refractivity contribution in [3.8, 4) is 0 Å². The fraction of sp³-hybridized carbons (Fsp3) is 0.556. The van der Waals surface area contributed by atoms with Crippen molar-refractivity contribution in [1.29, 1.82) is 0 Å². The highest BCUT2D eigenvalue weighted by Gasteiger charge is 2.20. The molecule has 8 heteroatoms. The molecule has 0 spiro atoms. The van der Waals surface area contributed by atoms with Crippen LogP contribution in [0.4, 0.5) is 17.3 Å². The largest absolute Gasteiger partial charge is 0.673 e. The summed E-state index contributed by atoms with van der Waals surface area (Å²) in [6.45, 7) is 7.56. The molecule has 0 aliphatic carbocycles. The van der Waals surface area contributed by atoms with E-state index in [-0.39, 0.29) is 6.17 Å². The summed E-state index contributed by atoms with van der Waals surface area (Å²) >= 11 is 0. The first kappa shape index (κ1) is 15.8. The minimum absolute atomic E-state index is 0.149. The number of nitrogens with two attached hydrogens (primary N) is 1. The Hall–Kier alpha value is -1.18. The molecule has 0 aromatic carbocycles. The molecule has 2 N–H and O–H groups in total. The quantitative estimate of drug-likeness (QED) is 0.474. The molecule has 1 aliphatic rings. The SMILES string of the molecule is C=CCN1C=CN(C(N)CC)C1.F[B-](F)(F)F. The standard InChI is InChI=1S/C9H17N3.BF4/c1-3-5-11-6-7-12(8-11)9(10)4-2;2-1(3,4)5/h3,6-7,9H,1,4-5,8,10H2,2H3;/q;-1. The van der Waals surface area contributed by atoms with Crippen molar-refractivity contribution < 1.29 is 17.3 Å². The molecule has 100 valence electrons. The topological polar surface area (TPSA) is 32.5 Å². The Morgan fingerprint density at radius 3 is 2.35 bits per heavy atom. The first-order chi connectivity index (χ1) is 7.77. The molecular formula is C9H17BF4N3-. The second kappa shape index (κ2) is 7.21. The van der Waals surface area contributed by atoms with E-state index in [1.165, 1.54) is 0 Å². The van der Waals surface area contributed by atoms with Gasteiger partial charge in [0.1, 0.15) is 0 Å². The molecule has 1 aliphatic heterocycles. The molecule has 0 bridgehead atoms. The van der Waals surface area contributed by atoms with Crippen LogP contribution in [0.15, 0.2) is 25.1 Å². The van der Waals surface area contributed by atoms with Crippen LogP contribution in [0, 0.1) is 0 Å². The summed E-state index contributed by atoms with van der Waals surface area (Å²) in [5.74, 6) is 0. The molecular weight excluding hydrogens is 237 g/mol. The van der Waals surface area contributed by atoms with Gasteiger partial charge in [0, 0.05) is 18.9 Å². The summed E-state index contributed by atoms with van der Waals surface area (Å²) in [6.07, 6.45) is 7.11. The molecule has 0 amide bonds. The highest BCUT2D eigenvalue weighted by molar-refractivity contribution is 6.50. The van der Waals surface area contributed by atoms with Gasteiger partial charge in [-0.2, -0.15) is 0 Å². The molecule has 3 nitrogen and oxygen atoms in total. The second-order valence-corrected chi connectivity index (χ2v) is 3.48. The van der Waals surface area contributed by atoms with Crippen LogP contribution in [0.1, 0.15) is 13.3 Å². The maximum absolute atomic E-state index is 9.75.